The van der Waals surface area contributed by atoms with Crippen molar-refractivity contribution in [2.75, 3.05) is 48.5 Å². The first-order valence-electron chi connectivity index (χ1n) is 28.6. The Morgan fingerprint density at radius 1 is 0.509 bits per heavy atom. The molecule has 600 valence electrons. The highest BCUT2D eigenvalue weighted by molar-refractivity contribution is 7.68. The van der Waals surface area contributed by atoms with Gasteiger partial charge in [-0.25, -0.2) is 80.1 Å². The Hall–Kier alpha value is -6.42. The molecule has 108 heavy (non-hydrogen) atoms. The molecule has 8 aromatic heterocycles. The zero-order chi connectivity index (χ0) is 77.7. The second kappa shape index (κ2) is 31.6. The van der Waals surface area contributed by atoms with Crippen molar-refractivity contribution in [1.29, 1.82) is 0 Å². The molecule has 0 amide bonds. The third-order valence-corrected chi connectivity index (χ3v) is 25.6. The van der Waals surface area contributed by atoms with Crippen LogP contribution in [-0.2, 0) is 90.8 Å². The van der Waals surface area contributed by atoms with Gasteiger partial charge in [0, 0.05) is 0 Å². The molecule has 8 aromatic rings. The molecule has 6 unspecified atom stereocenters. The first kappa shape index (κ1) is 85.6. The number of hydrogen-bond donors (Lipinski definition) is 21. The fourth-order valence-corrected chi connectivity index (χ4v) is 20.2. The van der Waals surface area contributed by atoms with Crippen LogP contribution in [-0.4, -0.2) is 241 Å². The first-order chi connectivity index (χ1) is 49.1. The summed E-state index contributed by atoms with van der Waals surface area (Å²) in [6.45, 7) is -1.86. The number of nitrogens with two attached hydrogens (primary N) is 4. The molecule has 0 saturated carbocycles. The Kier molecular flexibility index (Phi) is 25.1. The minimum absolute atomic E-state index is 0. The number of anilines is 4. The molecular formula is C40H61F2N22O36P8+. The number of aliphatic hydroxyl groups is 4. The van der Waals surface area contributed by atoms with Crippen LogP contribution < -0.4 is 51.2 Å². The molecule has 2 bridgehead atoms. The molecule has 0 spiro atoms. The number of aromatic nitrogens is 16. The van der Waals surface area contributed by atoms with Crippen LogP contribution >= 0.6 is 62.1 Å². The van der Waals surface area contributed by atoms with Crippen molar-refractivity contribution in [1.82, 2.24) is 90.4 Å². The second-order valence-corrected chi connectivity index (χ2v) is 34.9. The normalized spacial score (nSPS) is 31.9. The summed E-state index contributed by atoms with van der Waals surface area (Å²) in [5.74, 6) is -0.623. The van der Waals surface area contributed by atoms with Crippen molar-refractivity contribution >= 4 is 130 Å². The molecule has 13 rings (SSSR count). The van der Waals surface area contributed by atoms with E-state index in [0.29, 0.717) is 0 Å². The SMILES string of the molecule is Nc1nc2c(ncn2[C@@H]2O[C@@H]3COP(=O)([O-])O[C@H]4[C@@H](F)[C@H](n5cnc6c(N)ncnc65)O[C@@H]4COP(=O)(O)O[C@@H]2[C@@H]3O)c(=O)[nH]1.Nc1nc2c(ncn2[C@@H]2O[C@H](CP(=O)(O)OP(=O)(O)OP(=O)(O)O)[C@@H](O)[C@H]2O)c(=O)[nH]1.Nc1ncnc2c1ncn2[C@@H]1O[C@H](CP(=O)(O)OP(=O)(O)OP(=O)(O)O)[C@@H](O)[C@H]1F.[NH4+].[NH4+]. The summed E-state index contributed by atoms with van der Waals surface area (Å²) in [5.41, 5.74) is 20.7. The Labute approximate surface area is 593 Å². The van der Waals surface area contributed by atoms with Gasteiger partial charge in [0.25, 0.3) is 18.9 Å². The number of H-pyrrole nitrogens is 2. The smallest absolute Gasteiger partial charge is 0.488 e. The molecule has 0 aliphatic carbocycles. The first-order valence-corrected chi connectivity index (χ1v) is 41.1. The maximum Gasteiger partial charge on any atom is 0.488 e. The van der Waals surface area contributed by atoms with E-state index in [1.54, 1.807) is 0 Å². The topological polar surface area (TPSA) is 925 Å². The molecule has 5 saturated heterocycles. The monoisotopic (exact) mass is 1710 g/mol. The number of nitrogen functional groups attached to an aromatic ring is 4. The predicted octanol–water partition coefficient (Wildman–Crippen LogP) is -4.09. The van der Waals surface area contributed by atoms with Crippen molar-refractivity contribution in [2.45, 2.75) is 98.3 Å². The quantitative estimate of drug-likeness (QED) is 0.0409. The Morgan fingerprint density at radius 2 is 0.917 bits per heavy atom. The minimum atomic E-state index is -5.69. The van der Waals surface area contributed by atoms with Gasteiger partial charge in [0.15, 0.2) is 82.5 Å². The lowest BCUT2D eigenvalue weighted by Gasteiger charge is -2.30. The van der Waals surface area contributed by atoms with Gasteiger partial charge in [-0.15, -0.1) is 0 Å². The number of hydrogen-bond acceptors (Lipinski definition) is 41. The highest BCUT2D eigenvalue weighted by Crippen LogP contribution is 2.68. The van der Waals surface area contributed by atoms with Gasteiger partial charge in [-0.3, -0.25) is 60.6 Å². The summed E-state index contributed by atoms with van der Waals surface area (Å²) < 4.78 is 186. The van der Waals surface area contributed by atoms with Gasteiger partial charge < -0.3 is 133 Å². The number of quaternary nitrogens is 2. The van der Waals surface area contributed by atoms with E-state index in [2.05, 4.69) is 77.1 Å². The standard InChI is InChI=1S/C20H23FN10O12P2.C10H15FN5O11P3.C10H16N5O13P3.2H3N/c21-8-12-7(41-18(8)30-4-26-9-14(22)24-3-25-15(9)30)2-39-45(36,37)43-13-11(32)6(1-38-44(34,35)42-12)40-19(13)31-5-27-10-16(31)28-20(23)29-17(10)33;11-5-7(17)4(1-28(18,19)26-30(23,24)27-29(20,21)22)25-10(5)16-3-15-6-8(12)13-2-14-9(6)16;11-10-13-7-4(8(18)14-10)12-2-15(7)9-6(17)5(16)3(26-9)1-29(19,20)27-31(24,25)28-30(21,22)23;;/h3-8,11-13,18-19,32H,1-2H2,(H,34,35)(H,36,37)(H2,22,24,25)(H3,23,28,29,33);2-5,7,10,17H,1H2,(H,18,19)(H,23,24)(H2,12,13,14)(H2,20,21,22);2-3,5-6,9,16-17H,1H2,(H,19,20)(H,24,25)(H2,21,22,23)(H3,11,13,14,18);2*1H3/p+1/t6-,7-,8-,11-,12-,13-,18-,19-;4-,5-,7-,10-;3-,5-,6-,9-;;/m111../s1. The summed E-state index contributed by atoms with van der Waals surface area (Å²) in [4.78, 5) is 163. The van der Waals surface area contributed by atoms with E-state index >= 15 is 4.39 Å². The molecule has 5 aliphatic rings. The van der Waals surface area contributed by atoms with Gasteiger partial charge in [0.05, 0.1) is 50.8 Å². The molecular weight excluding hydrogens is 1650 g/mol. The van der Waals surface area contributed by atoms with Crippen LogP contribution in [0.25, 0.3) is 44.7 Å². The van der Waals surface area contributed by atoms with Crippen molar-refractivity contribution in [2.24, 2.45) is 0 Å². The maximum atomic E-state index is 15.8. The molecule has 0 radical (unpaired) electrons. The number of ether oxygens (including phenoxy) is 4. The van der Waals surface area contributed by atoms with E-state index in [-0.39, 0.29) is 80.5 Å². The van der Waals surface area contributed by atoms with E-state index in [4.69, 9.17) is 79.6 Å². The second-order valence-electron chi connectivity index (χ2n) is 22.4. The van der Waals surface area contributed by atoms with Crippen LogP contribution in [0.3, 0.4) is 0 Å². The Morgan fingerprint density at radius 3 is 1.39 bits per heavy atom. The van der Waals surface area contributed by atoms with Crippen LogP contribution in [0.2, 0.25) is 0 Å². The summed E-state index contributed by atoms with van der Waals surface area (Å²) in [6.07, 6.45) is -24.3. The average Bonchev–Trinajstić information content (AvgIpc) is 1.64. The van der Waals surface area contributed by atoms with E-state index in [1.807, 2.05) is 0 Å². The highest BCUT2D eigenvalue weighted by Gasteiger charge is 2.56. The van der Waals surface area contributed by atoms with E-state index in [0.717, 1.165) is 56.2 Å². The Balaban J connectivity index is 0.000000191. The van der Waals surface area contributed by atoms with Gasteiger partial charge in [0.2, 0.25) is 11.9 Å². The van der Waals surface area contributed by atoms with Crippen molar-refractivity contribution < 1.29 is 169 Å². The molecule has 68 heteroatoms. The average molecular weight is 1710 g/mol. The van der Waals surface area contributed by atoms with Gasteiger partial charge in [0.1, 0.15) is 84.7 Å². The van der Waals surface area contributed by atoms with E-state index in [9.17, 15) is 100 Å². The summed E-state index contributed by atoms with van der Waals surface area (Å²) in [7, 11) is -43.4. The van der Waals surface area contributed by atoms with Gasteiger partial charge >= 0.3 is 54.3 Å². The van der Waals surface area contributed by atoms with Crippen molar-refractivity contribution in [3.63, 3.8) is 0 Å². The summed E-state index contributed by atoms with van der Waals surface area (Å²) in [6, 6.07) is 0. The number of fused-ring (bicyclic) bond motifs is 7. The zero-order valence-electron chi connectivity index (χ0n) is 53.6. The summed E-state index contributed by atoms with van der Waals surface area (Å²) in [5, 5.41) is 41.4. The lowest BCUT2D eigenvalue weighted by molar-refractivity contribution is -0.235. The number of aliphatic hydroxyl groups excluding tert-OH is 4. The zero-order valence-corrected chi connectivity index (χ0v) is 60.8. The number of phosphoric ester groups is 2. The number of alkyl halides is 2. The number of nitrogens with zero attached hydrogens (tertiary/aromatic N) is 14. The summed E-state index contributed by atoms with van der Waals surface area (Å²) >= 11 is 0. The van der Waals surface area contributed by atoms with Crippen LogP contribution in [0.1, 0.15) is 24.9 Å². The molecule has 5 fully saturated rings. The molecule has 0 aromatic carbocycles. The fourth-order valence-electron chi connectivity index (χ4n) is 10.8. The number of phosphoric acid groups is 6. The third-order valence-electron chi connectivity index (χ3n) is 15.0. The lowest BCUT2D eigenvalue weighted by atomic mass is 10.1. The van der Waals surface area contributed by atoms with Crippen LogP contribution in [0, 0.1) is 0 Å². The molecule has 5 aliphatic heterocycles. The molecule has 22 atom stereocenters. The van der Waals surface area contributed by atoms with Crippen LogP contribution in [0.15, 0.2) is 47.6 Å². The van der Waals surface area contributed by atoms with Gasteiger partial charge in [-0.2, -0.15) is 18.6 Å². The van der Waals surface area contributed by atoms with Gasteiger partial charge in [-0.1, -0.05) is 0 Å². The largest absolute Gasteiger partial charge is 0.756 e. The van der Waals surface area contributed by atoms with Crippen molar-refractivity contribution in [3.05, 3.63) is 58.7 Å². The number of imidazole rings is 4. The lowest BCUT2D eigenvalue weighted by Crippen LogP contribution is -2.36. The Bertz CT molecular complexity index is 5210. The fraction of sp³-hybridized carbons (Fsp3) is 0.500. The number of halogens is 2. The van der Waals surface area contributed by atoms with Crippen molar-refractivity contribution in [3.8, 4) is 0 Å². The highest BCUT2D eigenvalue weighted by atomic mass is 31.3. The predicted molar refractivity (Wildman–Crippen MR) is 343 cm³/mol. The third kappa shape index (κ3) is 19.0. The molecule has 13 heterocycles. The minimum Gasteiger partial charge on any atom is -0.756 e. The molecule has 58 nitrogen and oxygen atoms in total. The van der Waals surface area contributed by atoms with Gasteiger partial charge in [-0.05, 0) is 0 Å². The van der Waals surface area contributed by atoms with E-state index < -0.39 is 197 Å². The number of nitrogens with one attached hydrogen (secondary N) is 2. The number of aromatic amines is 2. The maximum absolute atomic E-state index is 15.8. The van der Waals surface area contributed by atoms with E-state index in [1.165, 1.54) is 0 Å². The molecule has 31 N–H and O–H groups in total. The van der Waals surface area contributed by atoms with Crippen LogP contribution in [0.4, 0.5) is 32.3 Å². The van der Waals surface area contributed by atoms with Crippen LogP contribution in [0.5, 0.6) is 0 Å². The number of rotatable bonds is 16.